The number of carbonyl (C=O) groups is 1. The van der Waals surface area contributed by atoms with Gasteiger partial charge in [-0.3, -0.25) is 4.68 Å². The lowest BCUT2D eigenvalue weighted by Gasteiger charge is -2.15. The number of aromatic nitrogens is 4. The molecule has 0 saturated heterocycles. The fourth-order valence-corrected chi connectivity index (χ4v) is 3.27. The van der Waals surface area contributed by atoms with E-state index in [1.807, 2.05) is 50.2 Å². The molecular weight excluding hydrogens is 348 g/mol. The first-order chi connectivity index (χ1) is 12.5. The summed E-state index contributed by atoms with van der Waals surface area (Å²) < 4.78 is 6.80. The zero-order valence-electron chi connectivity index (χ0n) is 15.4. The minimum Gasteiger partial charge on any atom is -0.465 e. The molecule has 0 N–H and O–H groups in total. The van der Waals surface area contributed by atoms with E-state index in [0.717, 1.165) is 33.5 Å². The highest BCUT2D eigenvalue weighted by Gasteiger charge is 2.19. The normalized spacial score (nSPS) is 10.8. The lowest BCUT2D eigenvalue weighted by Crippen LogP contribution is -2.07. The number of nitrogens with zero attached hydrogens (tertiary/aromatic N) is 4. The van der Waals surface area contributed by atoms with Crippen molar-refractivity contribution in [3.63, 3.8) is 0 Å². The zero-order valence-corrected chi connectivity index (χ0v) is 16.2. The number of aryl methyl sites for hydroxylation is 2. The maximum absolute atomic E-state index is 12.3. The van der Waals surface area contributed by atoms with Crippen molar-refractivity contribution in [3.05, 3.63) is 47.4 Å². The highest BCUT2D eigenvalue weighted by Crippen LogP contribution is 2.33. The lowest BCUT2D eigenvalue weighted by molar-refractivity contribution is 0.0600. The van der Waals surface area contributed by atoms with Gasteiger partial charge < -0.3 is 4.74 Å². The summed E-state index contributed by atoms with van der Waals surface area (Å²) in [5.41, 5.74) is 6.03. The molecule has 0 amide bonds. The SMILES string of the molecule is COC(=O)c1cc(-c2cnc(SC)nc2)cc(-c2c(C)cnn2C)c1C. The molecule has 0 saturated carbocycles. The van der Waals surface area contributed by atoms with Crippen LogP contribution in [-0.4, -0.2) is 39.1 Å². The Morgan fingerprint density at radius 2 is 1.81 bits per heavy atom. The summed E-state index contributed by atoms with van der Waals surface area (Å²) in [4.78, 5) is 21.0. The Balaban J connectivity index is 2.25. The monoisotopic (exact) mass is 368 g/mol. The summed E-state index contributed by atoms with van der Waals surface area (Å²) in [6.07, 6.45) is 7.28. The van der Waals surface area contributed by atoms with Crippen molar-refractivity contribution in [1.82, 2.24) is 19.7 Å². The number of hydrogen-bond donors (Lipinski definition) is 0. The van der Waals surface area contributed by atoms with Gasteiger partial charge in [0.15, 0.2) is 5.16 Å². The van der Waals surface area contributed by atoms with Crippen LogP contribution in [0.5, 0.6) is 0 Å². The van der Waals surface area contributed by atoms with Crippen molar-refractivity contribution in [3.8, 4) is 22.4 Å². The number of esters is 1. The topological polar surface area (TPSA) is 69.9 Å². The molecule has 6 nitrogen and oxygen atoms in total. The molecule has 0 unspecified atom stereocenters. The largest absolute Gasteiger partial charge is 0.465 e. The smallest absolute Gasteiger partial charge is 0.338 e. The second kappa shape index (κ2) is 7.29. The van der Waals surface area contributed by atoms with E-state index in [1.165, 1.54) is 18.9 Å². The average molecular weight is 368 g/mol. The Morgan fingerprint density at radius 1 is 1.12 bits per heavy atom. The molecule has 3 rings (SSSR count). The number of methoxy groups -OCH3 is 1. The van der Waals surface area contributed by atoms with Gasteiger partial charge in [0.25, 0.3) is 0 Å². The number of hydrogen-bond acceptors (Lipinski definition) is 6. The lowest BCUT2D eigenvalue weighted by atomic mass is 9.93. The second-order valence-corrected chi connectivity index (χ2v) is 6.72. The number of carbonyl (C=O) groups excluding carboxylic acids is 1. The molecule has 0 atom stereocenters. The van der Waals surface area contributed by atoms with Gasteiger partial charge in [0.1, 0.15) is 0 Å². The summed E-state index contributed by atoms with van der Waals surface area (Å²) in [6.45, 7) is 3.92. The summed E-state index contributed by atoms with van der Waals surface area (Å²) in [5.74, 6) is -0.368. The zero-order chi connectivity index (χ0) is 18.8. The van der Waals surface area contributed by atoms with Crippen LogP contribution in [0.2, 0.25) is 0 Å². The summed E-state index contributed by atoms with van der Waals surface area (Å²) in [7, 11) is 3.28. The van der Waals surface area contributed by atoms with Crippen LogP contribution in [0.4, 0.5) is 0 Å². The quantitative estimate of drug-likeness (QED) is 0.398. The predicted octanol–water partition coefficient (Wildman–Crippen LogP) is 3.67. The maximum atomic E-state index is 12.3. The van der Waals surface area contributed by atoms with Gasteiger partial charge >= 0.3 is 5.97 Å². The first-order valence-corrected chi connectivity index (χ1v) is 9.27. The van der Waals surface area contributed by atoms with E-state index in [-0.39, 0.29) is 5.97 Å². The molecule has 0 fully saturated rings. The minimum atomic E-state index is -0.368. The molecule has 3 aromatic rings. The number of rotatable bonds is 4. The van der Waals surface area contributed by atoms with Gasteiger partial charge in [0, 0.05) is 30.6 Å². The number of benzene rings is 1. The van der Waals surface area contributed by atoms with Gasteiger partial charge in [-0.1, -0.05) is 11.8 Å². The van der Waals surface area contributed by atoms with Crippen LogP contribution in [-0.2, 0) is 11.8 Å². The number of ether oxygens (including phenoxy) is 1. The molecule has 0 spiro atoms. The van der Waals surface area contributed by atoms with Crippen LogP contribution in [0.3, 0.4) is 0 Å². The van der Waals surface area contributed by atoms with Crippen molar-refractivity contribution in [1.29, 1.82) is 0 Å². The molecule has 0 bridgehead atoms. The molecule has 134 valence electrons. The van der Waals surface area contributed by atoms with Crippen LogP contribution in [0.15, 0.2) is 35.9 Å². The van der Waals surface area contributed by atoms with E-state index in [1.54, 1.807) is 12.4 Å². The van der Waals surface area contributed by atoms with Gasteiger partial charge in [-0.15, -0.1) is 0 Å². The van der Waals surface area contributed by atoms with Crippen LogP contribution < -0.4 is 0 Å². The maximum Gasteiger partial charge on any atom is 0.338 e. The van der Waals surface area contributed by atoms with Crippen molar-refractivity contribution < 1.29 is 9.53 Å². The fraction of sp³-hybridized carbons (Fsp3) is 0.263. The van der Waals surface area contributed by atoms with E-state index in [4.69, 9.17) is 4.74 Å². The van der Waals surface area contributed by atoms with Gasteiger partial charge in [0.05, 0.1) is 24.6 Å². The molecular formula is C19H20N4O2S. The second-order valence-electron chi connectivity index (χ2n) is 5.95. The third-order valence-corrected chi connectivity index (χ3v) is 4.91. The van der Waals surface area contributed by atoms with Crippen LogP contribution in [0, 0.1) is 13.8 Å². The van der Waals surface area contributed by atoms with E-state index < -0.39 is 0 Å². The third kappa shape index (κ3) is 3.22. The standard InChI is InChI=1S/C19H20N4O2S/c1-11-8-22-23(3)17(11)15-6-13(7-16(12(15)2)18(24)25-4)14-9-20-19(26-5)21-10-14/h6-10H,1-5H3. The highest BCUT2D eigenvalue weighted by molar-refractivity contribution is 7.98. The Labute approximate surface area is 156 Å². The Hall–Kier alpha value is -2.67. The van der Waals surface area contributed by atoms with Crippen LogP contribution in [0.25, 0.3) is 22.4 Å². The first-order valence-electron chi connectivity index (χ1n) is 8.04. The predicted molar refractivity (Wildman–Crippen MR) is 102 cm³/mol. The average Bonchev–Trinajstić information content (AvgIpc) is 3.00. The van der Waals surface area contributed by atoms with Crippen molar-refractivity contribution in [2.24, 2.45) is 7.05 Å². The molecule has 2 heterocycles. The minimum absolute atomic E-state index is 0.368. The summed E-state index contributed by atoms with van der Waals surface area (Å²) >= 11 is 1.48. The Bertz CT molecular complexity index is 945. The Morgan fingerprint density at radius 3 is 2.35 bits per heavy atom. The summed E-state index contributed by atoms with van der Waals surface area (Å²) in [5, 5.41) is 5.03. The third-order valence-electron chi connectivity index (χ3n) is 4.33. The molecule has 26 heavy (non-hydrogen) atoms. The van der Waals surface area contributed by atoms with E-state index >= 15 is 0 Å². The van der Waals surface area contributed by atoms with E-state index in [9.17, 15) is 4.79 Å². The summed E-state index contributed by atoms with van der Waals surface area (Å²) in [6, 6.07) is 3.87. The molecule has 1 aromatic carbocycles. The number of thioether (sulfide) groups is 1. The van der Waals surface area contributed by atoms with E-state index in [2.05, 4.69) is 15.1 Å². The molecule has 0 radical (unpaired) electrons. The molecule has 0 aliphatic heterocycles. The van der Waals surface area contributed by atoms with Gasteiger partial charge in [-0.25, -0.2) is 14.8 Å². The van der Waals surface area contributed by atoms with E-state index in [0.29, 0.717) is 10.7 Å². The fourth-order valence-electron chi connectivity index (χ4n) is 2.95. The van der Waals surface area contributed by atoms with Crippen LogP contribution in [0.1, 0.15) is 21.5 Å². The van der Waals surface area contributed by atoms with Gasteiger partial charge in [-0.05, 0) is 48.9 Å². The van der Waals surface area contributed by atoms with Crippen LogP contribution >= 0.6 is 11.8 Å². The molecule has 7 heteroatoms. The van der Waals surface area contributed by atoms with Crippen molar-refractivity contribution >= 4 is 17.7 Å². The Kier molecular flexibility index (Phi) is 5.08. The van der Waals surface area contributed by atoms with Gasteiger partial charge in [0.2, 0.25) is 0 Å². The molecule has 0 aliphatic carbocycles. The molecule has 0 aliphatic rings. The van der Waals surface area contributed by atoms with Crippen molar-refractivity contribution in [2.75, 3.05) is 13.4 Å². The van der Waals surface area contributed by atoms with Gasteiger partial charge in [-0.2, -0.15) is 5.10 Å². The first kappa shape index (κ1) is 18.1. The highest BCUT2D eigenvalue weighted by atomic mass is 32.2. The molecule has 2 aromatic heterocycles. The van der Waals surface area contributed by atoms with Crippen molar-refractivity contribution in [2.45, 2.75) is 19.0 Å².